The summed E-state index contributed by atoms with van der Waals surface area (Å²) in [6.45, 7) is 0. The summed E-state index contributed by atoms with van der Waals surface area (Å²) in [4.78, 5) is 5.87. The third kappa shape index (κ3) is 3.77. The molecule has 0 aliphatic heterocycles. The van der Waals surface area contributed by atoms with Crippen molar-refractivity contribution in [3.05, 3.63) is 28.3 Å². The lowest BCUT2D eigenvalue weighted by molar-refractivity contribution is -0.289. The van der Waals surface area contributed by atoms with Crippen molar-refractivity contribution in [2.75, 3.05) is 4.72 Å². The van der Waals surface area contributed by atoms with Gasteiger partial charge in [-0.25, -0.2) is 13.1 Å². The van der Waals surface area contributed by atoms with Crippen molar-refractivity contribution in [1.82, 2.24) is 19.7 Å². The Labute approximate surface area is 146 Å². The summed E-state index contributed by atoms with van der Waals surface area (Å²) in [5.41, 5.74) is -1.88. The molecule has 138 valence electrons. The van der Waals surface area contributed by atoms with Crippen LogP contribution in [0.15, 0.2) is 17.3 Å². The Morgan fingerprint density at radius 3 is 2.04 bits per heavy atom. The number of anilines is 1. The van der Waals surface area contributed by atoms with Crippen molar-refractivity contribution in [2.24, 2.45) is 7.05 Å². The molecule has 0 saturated carbocycles. The van der Waals surface area contributed by atoms with E-state index in [1.54, 1.807) is 4.72 Å². The van der Waals surface area contributed by atoms with Crippen molar-refractivity contribution >= 4 is 39.2 Å². The average molecular weight is 426 g/mol. The first-order chi connectivity index (χ1) is 11.3. The van der Waals surface area contributed by atoms with E-state index in [9.17, 15) is 30.4 Å². The van der Waals surface area contributed by atoms with Gasteiger partial charge >= 0.3 is 12.1 Å². The molecule has 0 fully saturated rings. The molecule has 7 nitrogen and oxygen atoms in total. The number of sulfonamides is 1. The van der Waals surface area contributed by atoms with E-state index in [0.29, 0.717) is 0 Å². The molecule has 15 heteroatoms. The Balaban J connectivity index is 2.44. The average Bonchev–Trinajstić information content (AvgIpc) is 2.83. The smallest absolute Gasteiger partial charge is 0.274 e. The van der Waals surface area contributed by atoms with Gasteiger partial charge in [0.2, 0.25) is 5.95 Å². The Kier molecular flexibility index (Phi) is 4.87. The first kappa shape index (κ1) is 19.6. The molecular weight excluding hydrogens is 420 g/mol. The molecular formula is C10H6Cl2F5N5O2S. The van der Waals surface area contributed by atoms with Crippen LogP contribution in [-0.4, -0.2) is 34.3 Å². The molecule has 0 radical (unpaired) electrons. The largest absolute Gasteiger partial charge is 0.458 e. The number of alkyl halides is 5. The minimum Gasteiger partial charge on any atom is -0.274 e. The molecule has 1 N–H and O–H groups in total. The van der Waals surface area contributed by atoms with Gasteiger partial charge in [-0.05, 0) is 0 Å². The number of hydrogen-bond acceptors (Lipinski definition) is 5. The fourth-order valence-corrected chi connectivity index (χ4v) is 3.12. The van der Waals surface area contributed by atoms with E-state index in [1.165, 1.54) is 7.05 Å². The molecule has 2 aromatic heterocycles. The Morgan fingerprint density at radius 1 is 1.12 bits per heavy atom. The first-order valence-corrected chi connectivity index (χ1v) is 8.19. The van der Waals surface area contributed by atoms with Crippen LogP contribution in [0.25, 0.3) is 0 Å². The van der Waals surface area contributed by atoms with Crippen LogP contribution in [0.3, 0.4) is 0 Å². The van der Waals surface area contributed by atoms with Crippen molar-refractivity contribution in [3.63, 3.8) is 0 Å². The number of halogens is 7. The molecule has 2 aromatic rings. The van der Waals surface area contributed by atoms with E-state index in [-0.39, 0.29) is 4.90 Å². The molecule has 0 bridgehead atoms. The Hall–Kier alpha value is -1.73. The fourth-order valence-electron chi connectivity index (χ4n) is 1.57. The van der Waals surface area contributed by atoms with Crippen LogP contribution >= 0.6 is 23.2 Å². The summed E-state index contributed by atoms with van der Waals surface area (Å²) in [6.07, 6.45) is -3.95. The van der Waals surface area contributed by atoms with Crippen molar-refractivity contribution in [2.45, 2.75) is 17.0 Å². The highest BCUT2D eigenvalue weighted by molar-refractivity contribution is 7.92. The molecule has 0 atom stereocenters. The number of aryl methyl sites for hydroxylation is 1. The minimum absolute atomic E-state index is 0.337. The molecule has 0 aliphatic carbocycles. The maximum Gasteiger partial charge on any atom is 0.458 e. The molecule has 0 spiro atoms. The molecule has 0 aliphatic rings. The molecule has 2 rings (SSSR count). The molecule has 2 heterocycles. The number of aromatic nitrogens is 4. The van der Waals surface area contributed by atoms with Gasteiger partial charge in [-0.15, -0.1) is 0 Å². The van der Waals surface area contributed by atoms with Gasteiger partial charge in [0.1, 0.15) is 20.8 Å². The van der Waals surface area contributed by atoms with Gasteiger partial charge in [0, 0.05) is 13.2 Å². The zero-order chi connectivity index (χ0) is 19.2. The first-order valence-electron chi connectivity index (χ1n) is 5.95. The van der Waals surface area contributed by atoms with E-state index in [4.69, 9.17) is 23.2 Å². The van der Waals surface area contributed by atoms with Gasteiger partial charge in [0.15, 0.2) is 0 Å². The van der Waals surface area contributed by atoms with Crippen LogP contribution in [-0.2, 0) is 23.0 Å². The monoisotopic (exact) mass is 425 g/mol. The summed E-state index contributed by atoms with van der Waals surface area (Å²) < 4.78 is 91.0. The van der Waals surface area contributed by atoms with Crippen LogP contribution in [0.5, 0.6) is 0 Å². The summed E-state index contributed by atoms with van der Waals surface area (Å²) in [7, 11) is -2.86. The van der Waals surface area contributed by atoms with E-state index < -0.39 is 43.9 Å². The highest BCUT2D eigenvalue weighted by atomic mass is 35.5. The lowest BCUT2D eigenvalue weighted by atomic mass is 10.2. The number of rotatable bonds is 4. The maximum atomic E-state index is 13.4. The van der Waals surface area contributed by atoms with E-state index in [2.05, 4.69) is 15.1 Å². The molecule has 25 heavy (non-hydrogen) atoms. The summed E-state index contributed by atoms with van der Waals surface area (Å²) in [6, 6.07) is 0. The normalized spacial score (nSPS) is 13.1. The van der Waals surface area contributed by atoms with Gasteiger partial charge in [0.25, 0.3) is 10.0 Å². The predicted octanol–water partition coefficient (Wildman–Crippen LogP) is 2.97. The third-order valence-electron chi connectivity index (χ3n) is 2.71. The number of nitrogens with one attached hydrogen (secondary N) is 1. The Bertz CT molecular complexity index is 892. The van der Waals surface area contributed by atoms with Crippen LogP contribution in [0.2, 0.25) is 10.3 Å². The predicted molar refractivity (Wildman–Crippen MR) is 76.0 cm³/mol. The van der Waals surface area contributed by atoms with Gasteiger partial charge < -0.3 is 0 Å². The molecule has 0 saturated heterocycles. The van der Waals surface area contributed by atoms with E-state index in [0.717, 1.165) is 17.1 Å². The topological polar surface area (TPSA) is 89.8 Å². The van der Waals surface area contributed by atoms with Crippen LogP contribution < -0.4 is 4.72 Å². The van der Waals surface area contributed by atoms with Gasteiger partial charge in [-0.3, -0.25) is 4.68 Å². The second-order valence-electron chi connectivity index (χ2n) is 4.53. The molecule has 0 amide bonds. The van der Waals surface area contributed by atoms with Gasteiger partial charge in [-0.2, -0.15) is 37.0 Å². The van der Waals surface area contributed by atoms with E-state index in [1.807, 2.05) is 0 Å². The summed E-state index contributed by atoms with van der Waals surface area (Å²) in [5, 5.41) is 0.903. The fraction of sp³-hybridized carbons (Fsp3) is 0.300. The van der Waals surface area contributed by atoms with Crippen LogP contribution in [0.1, 0.15) is 5.56 Å². The lowest BCUT2D eigenvalue weighted by Gasteiger charge is -2.21. The maximum absolute atomic E-state index is 13.4. The minimum atomic E-state index is -6.00. The van der Waals surface area contributed by atoms with Crippen molar-refractivity contribution < 1.29 is 30.4 Å². The second-order valence-corrected chi connectivity index (χ2v) is 6.93. The molecule has 0 aromatic carbocycles. The molecule has 0 unspecified atom stereocenters. The Morgan fingerprint density at radius 2 is 1.64 bits per heavy atom. The van der Waals surface area contributed by atoms with Gasteiger partial charge in [-0.1, -0.05) is 23.2 Å². The van der Waals surface area contributed by atoms with Gasteiger partial charge in [0.05, 0.1) is 6.20 Å². The SMILES string of the molecule is Cn1cc(S(=O)(=O)Nc2nc(Cl)c(C(F)(F)C(F)(F)F)c(Cl)n2)cn1. The number of nitrogens with zero attached hydrogens (tertiary/aromatic N) is 4. The second kappa shape index (κ2) is 6.21. The van der Waals surface area contributed by atoms with Crippen molar-refractivity contribution in [3.8, 4) is 0 Å². The zero-order valence-corrected chi connectivity index (χ0v) is 14.1. The highest BCUT2D eigenvalue weighted by Gasteiger charge is 2.61. The van der Waals surface area contributed by atoms with E-state index >= 15 is 0 Å². The number of hydrogen-bond donors (Lipinski definition) is 1. The summed E-state index contributed by atoms with van der Waals surface area (Å²) in [5.74, 6) is -6.32. The summed E-state index contributed by atoms with van der Waals surface area (Å²) >= 11 is 10.7. The van der Waals surface area contributed by atoms with Crippen LogP contribution in [0.4, 0.5) is 27.9 Å². The quantitative estimate of drug-likeness (QED) is 0.600. The lowest BCUT2D eigenvalue weighted by Crippen LogP contribution is -2.34. The third-order valence-corrected chi connectivity index (χ3v) is 4.54. The standard InChI is InChI=1S/C10H6Cl2F5N5O2S/c1-22-3-4(2-18-22)25(23,24)21-8-19-6(11)5(7(12)20-8)9(13,14)10(15,16)17/h2-3H,1H3,(H,19,20,21). The highest BCUT2D eigenvalue weighted by Crippen LogP contribution is 2.48. The van der Waals surface area contributed by atoms with Crippen LogP contribution in [0, 0.1) is 0 Å². The zero-order valence-electron chi connectivity index (χ0n) is 11.8. The van der Waals surface area contributed by atoms with Crippen molar-refractivity contribution in [1.29, 1.82) is 0 Å².